The van der Waals surface area contributed by atoms with Gasteiger partial charge in [0.1, 0.15) is 5.75 Å². The first-order chi connectivity index (χ1) is 15.0. The molecule has 0 saturated heterocycles. The van der Waals surface area contributed by atoms with Gasteiger partial charge in [0, 0.05) is 5.69 Å². The molecule has 0 bridgehead atoms. The first-order valence-corrected chi connectivity index (χ1v) is 13.6. The Bertz CT molecular complexity index is 671. The van der Waals surface area contributed by atoms with Crippen LogP contribution >= 0.6 is 0 Å². The summed E-state index contributed by atoms with van der Waals surface area (Å²) in [7, 11) is -3.67. The Balaban J connectivity index is 1.89. The van der Waals surface area contributed by atoms with Crippen LogP contribution in [0.4, 0.5) is 5.69 Å². The second-order valence-electron chi connectivity index (χ2n) is 8.15. The van der Waals surface area contributed by atoms with Crippen molar-refractivity contribution in [1.29, 1.82) is 0 Å². The van der Waals surface area contributed by atoms with Crippen molar-refractivity contribution in [3.63, 3.8) is 0 Å². The van der Waals surface area contributed by atoms with Crippen molar-refractivity contribution < 1.29 is 17.3 Å². The van der Waals surface area contributed by atoms with E-state index >= 15 is 0 Å². The second kappa shape index (κ2) is 18.1. The molecule has 6 heteroatoms. The van der Waals surface area contributed by atoms with Crippen molar-refractivity contribution in [3.05, 3.63) is 36.4 Å². The lowest BCUT2D eigenvalue weighted by atomic mass is 10.1. The summed E-state index contributed by atoms with van der Waals surface area (Å²) in [5.74, 6) is -0.0258. The highest BCUT2D eigenvalue weighted by Crippen LogP contribution is 2.14. The van der Waals surface area contributed by atoms with Gasteiger partial charge in [-0.25, -0.2) is 0 Å². The molecule has 0 amide bonds. The maximum absolute atomic E-state index is 11.9. The summed E-state index contributed by atoms with van der Waals surface area (Å²) in [6.07, 6.45) is 21.7. The molecule has 0 spiro atoms. The average molecular weight is 454 g/mol. The zero-order chi connectivity index (χ0) is 22.6. The largest absolute Gasteiger partial charge is 0.475 e. The van der Waals surface area contributed by atoms with E-state index in [2.05, 4.69) is 19.1 Å². The number of anilines is 1. The number of hydrogen-bond donors (Lipinski definition) is 1. The molecule has 0 radical (unpaired) electrons. The van der Waals surface area contributed by atoms with E-state index in [1.807, 2.05) is 0 Å². The van der Waals surface area contributed by atoms with Crippen LogP contribution in [0.25, 0.3) is 0 Å². The van der Waals surface area contributed by atoms with E-state index in [-0.39, 0.29) is 6.61 Å². The SMILES string of the molecule is CCCCCCCC/C=C\CCCCCCCCOS(=O)(=O)COc1ccc(N)cc1. The number of allylic oxidation sites excluding steroid dienone is 2. The van der Waals surface area contributed by atoms with E-state index in [1.165, 1.54) is 70.6 Å². The molecule has 0 unspecified atom stereocenters. The summed E-state index contributed by atoms with van der Waals surface area (Å²) in [6, 6.07) is 6.59. The van der Waals surface area contributed by atoms with Crippen molar-refractivity contribution in [3.8, 4) is 5.75 Å². The minimum atomic E-state index is -3.67. The molecule has 31 heavy (non-hydrogen) atoms. The Hall–Kier alpha value is -1.53. The van der Waals surface area contributed by atoms with Gasteiger partial charge in [0.15, 0.2) is 0 Å². The van der Waals surface area contributed by atoms with Gasteiger partial charge in [0.2, 0.25) is 5.94 Å². The van der Waals surface area contributed by atoms with Gasteiger partial charge in [-0.1, -0.05) is 76.9 Å². The second-order valence-corrected chi connectivity index (χ2v) is 9.74. The summed E-state index contributed by atoms with van der Waals surface area (Å²) >= 11 is 0. The number of benzene rings is 1. The zero-order valence-electron chi connectivity index (χ0n) is 19.4. The monoisotopic (exact) mass is 453 g/mol. The van der Waals surface area contributed by atoms with Crippen LogP contribution < -0.4 is 10.5 Å². The standard InChI is InChI=1S/C25H43NO4S/c1-2-3-4-5-6-7-8-9-10-11-12-13-14-15-16-17-22-30-31(27,28)23-29-25-20-18-24(26)19-21-25/h9-10,18-21H,2-8,11-17,22-23,26H2,1H3/b10-9-. The topological polar surface area (TPSA) is 78.6 Å². The van der Waals surface area contributed by atoms with E-state index < -0.39 is 16.1 Å². The van der Waals surface area contributed by atoms with E-state index in [1.54, 1.807) is 24.3 Å². The molecule has 5 nitrogen and oxygen atoms in total. The van der Waals surface area contributed by atoms with Crippen molar-refractivity contribution in [2.24, 2.45) is 0 Å². The van der Waals surface area contributed by atoms with E-state index in [4.69, 9.17) is 14.7 Å². The third-order valence-corrected chi connectivity index (χ3v) is 6.10. The van der Waals surface area contributed by atoms with Gasteiger partial charge in [0.25, 0.3) is 0 Å². The molecule has 0 saturated carbocycles. The van der Waals surface area contributed by atoms with Gasteiger partial charge in [0.05, 0.1) is 6.61 Å². The van der Waals surface area contributed by atoms with E-state index in [9.17, 15) is 8.42 Å². The smallest absolute Gasteiger partial charge is 0.303 e. The lowest BCUT2D eigenvalue weighted by molar-refractivity contribution is 0.279. The van der Waals surface area contributed by atoms with Crippen molar-refractivity contribution in [2.75, 3.05) is 18.3 Å². The van der Waals surface area contributed by atoms with Gasteiger partial charge < -0.3 is 10.5 Å². The van der Waals surface area contributed by atoms with Crippen molar-refractivity contribution >= 4 is 15.8 Å². The highest BCUT2D eigenvalue weighted by Gasteiger charge is 2.12. The highest BCUT2D eigenvalue weighted by atomic mass is 32.2. The number of hydrogen-bond acceptors (Lipinski definition) is 5. The predicted octanol–water partition coefficient (Wildman–Crippen LogP) is 6.99. The quantitative estimate of drug-likeness (QED) is 0.0996. The fraction of sp³-hybridized carbons (Fsp3) is 0.680. The summed E-state index contributed by atoms with van der Waals surface area (Å²) < 4.78 is 33.9. The Morgan fingerprint density at radius 3 is 1.87 bits per heavy atom. The van der Waals surface area contributed by atoms with Crippen LogP contribution in [0.15, 0.2) is 36.4 Å². The van der Waals surface area contributed by atoms with Crippen LogP contribution in [0.3, 0.4) is 0 Å². The average Bonchev–Trinajstić information content (AvgIpc) is 2.75. The normalized spacial score (nSPS) is 11.9. The maximum atomic E-state index is 11.9. The Labute approximate surface area is 190 Å². The molecule has 1 aromatic rings. The third kappa shape index (κ3) is 16.8. The molecule has 2 N–H and O–H groups in total. The van der Waals surface area contributed by atoms with Gasteiger partial charge in [-0.05, 0) is 56.4 Å². The van der Waals surface area contributed by atoms with Crippen LogP contribution in [-0.2, 0) is 14.3 Å². The Morgan fingerprint density at radius 2 is 1.29 bits per heavy atom. The number of rotatable bonds is 20. The van der Waals surface area contributed by atoms with E-state index in [0.717, 1.165) is 19.3 Å². The lowest BCUT2D eigenvalue weighted by Gasteiger charge is -2.08. The van der Waals surface area contributed by atoms with Gasteiger partial charge in [-0.15, -0.1) is 0 Å². The van der Waals surface area contributed by atoms with Gasteiger partial charge in [-0.2, -0.15) is 8.42 Å². The minimum Gasteiger partial charge on any atom is -0.475 e. The molecule has 0 fully saturated rings. The summed E-state index contributed by atoms with van der Waals surface area (Å²) in [4.78, 5) is 0. The minimum absolute atomic E-state index is 0.217. The first kappa shape index (κ1) is 27.5. The Morgan fingerprint density at radius 1 is 0.774 bits per heavy atom. The summed E-state index contributed by atoms with van der Waals surface area (Å²) in [5.41, 5.74) is 6.19. The molecular formula is C25H43NO4S. The molecule has 0 aromatic heterocycles. The van der Waals surface area contributed by atoms with Gasteiger partial charge in [-0.3, -0.25) is 4.18 Å². The highest BCUT2D eigenvalue weighted by molar-refractivity contribution is 7.86. The number of nitrogen functional groups attached to an aromatic ring is 1. The zero-order valence-corrected chi connectivity index (χ0v) is 20.2. The number of ether oxygens (including phenoxy) is 1. The van der Waals surface area contributed by atoms with Crippen molar-refractivity contribution in [1.82, 2.24) is 0 Å². The predicted molar refractivity (Wildman–Crippen MR) is 131 cm³/mol. The van der Waals surface area contributed by atoms with Crippen molar-refractivity contribution in [2.45, 2.75) is 96.8 Å². The molecule has 0 atom stereocenters. The van der Waals surface area contributed by atoms with Crippen LogP contribution in [0.1, 0.15) is 96.8 Å². The molecule has 0 heterocycles. The van der Waals surface area contributed by atoms with Crippen LogP contribution in [0.5, 0.6) is 5.75 Å². The molecule has 0 aliphatic carbocycles. The first-order valence-electron chi connectivity index (χ1n) is 12.0. The van der Waals surface area contributed by atoms with E-state index in [0.29, 0.717) is 11.4 Å². The Kier molecular flexibility index (Phi) is 16.0. The summed E-state index contributed by atoms with van der Waals surface area (Å²) in [6.45, 7) is 2.47. The lowest BCUT2D eigenvalue weighted by Crippen LogP contribution is -2.16. The van der Waals surface area contributed by atoms with Gasteiger partial charge >= 0.3 is 10.1 Å². The molecule has 0 aliphatic rings. The fourth-order valence-electron chi connectivity index (χ4n) is 3.27. The third-order valence-electron chi connectivity index (χ3n) is 5.17. The molecular weight excluding hydrogens is 410 g/mol. The fourth-order valence-corrected chi connectivity index (χ4v) is 3.99. The van der Waals surface area contributed by atoms with Crippen LogP contribution in [0, 0.1) is 0 Å². The molecule has 1 rings (SSSR count). The van der Waals surface area contributed by atoms with Crippen LogP contribution in [-0.4, -0.2) is 21.0 Å². The molecule has 0 aliphatic heterocycles. The van der Waals surface area contributed by atoms with Crippen LogP contribution in [0.2, 0.25) is 0 Å². The maximum Gasteiger partial charge on any atom is 0.303 e. The number of nitrogens with two attached hydrogens (primary N) is 1. The summed E-state index contributed by atoms with van der Waals surface area (Å²) in [5, 5.41) is 0. The molecule has 178 valence electrons. The molecule has 1 aromatic carbocycles. The number of unbranched alkanes of at least 4 members (excludes halogenated alkanes) is 12.